The first-order valence-electron chi connectivity index (χ1n) is 5.83. The number of hydrogen-bond donors (Lipinski definition) is 1. The number of aliphatic hydroxyl groups excluding tert-OH is 1. The molecule has 1 nitrogen and oxygen atoms in total. The highest BCUT2D eigenvalue weighted by molar-refractivity contribution is 5.20. The number of aryl methyl sites for hydroxylation is 1. The molecule has 3 heteroatoms. The molecule has 0 spiro atoms. The van der Waals surface area contributed by atoms with Crippen LogP contribution in [0.2, 0.25) is 0 Å². The van der Waals surface area contributed by atoms with Crippen LogP contribution in [0.1, 0.15) is 23.7 Å². The maximum absolute atomic E-state index is 13.0. The molecule has 1 unspecified atom stereocenters. The number of aliphatic hydroxyl groups is 1. The Morgan fingerprint density at radius 2 is 1.56 bits per heavy atom. The summed E-state index contributed by atoms with van der Waals surface area (Å²) in [7, 11) is 0. The molecular weight excluding hydrogens is 234 g/mol. The molecule has 2 aromatic rings. The van der Waals surface area contributed by atoms with Crippen molar-refractivity contribution in [1.29, 1.82) is 0 Å². The fourth-order valence-electron chi connectivity index (χ4n) is 1.90. The second-order valence-corrected chi connectivity index (χ2v) is 4.24. The third kappa shape index (κ3) is 3.37. The van der Waals surface area contributed by atoms with Gasteiger partial charge in [-0.05, 0) is 36.1 Å². The van der Waals surface area contributed by atoms with E-state index >= 15 is 0 Å². The van der Waals surface area contributed by atoms with Gasteiger partial charge in [-0.2, -0.15) is 0 Å². The molecule has 0 aliphatic carbocycles. The molecular formula is C15H14F2O. The molecule has 0 amide bonds. The topological polar surface area (TPSA) is 20.2 Å². The summed E-state index contributed by atoms with van der Waals surface area (Å²) in [4.78, 5) is 0. The Balaban J connectivity index is 1.99. The Morgan fingerprint density at radius 1 is 0.944 bits per heavy atom. The highest BCUT2D eigenvalue weighted by Crippen LogP contribution is 2.19. The third-order valence-electron chi connectivity index (χ3n) is 2.81. The molecule has 0 aliphatic rings. The van der Waals surface area contributed by atoms with Gasteiger partial charge in [0, 0.05) is 6.07 Å². The zero-order valence-electron chi connectivity index (χ0n) is 9.81. The zero-order chi connectivity index (χ0) is 13.0. The van der Waals surface area contributed by atoms with Gasteiger partial charge in [0.15, 0.2) is 0 Å². The Kier molecular flexibility index (Phi) is 4.05. The van der Waals surface area contributed by atoms with E-state index in [0.717, 1.165) is 11.6 Å². The molecule has 94 valence electrons. The second-order valence-electron chi connectivity index (χ2n) is 4.24. The molecule has 0 saturated heterocycles. The standard InChI is InChI=1S/C15H14F2O/c16-13-8-11(9-14(17)10-13)6-7-15(18)12-4-2-1-3-5-12/h1-5,8-10,15,18H,6-7H2. The Labute approximate surface area is 105 Å². The molecule has 0 aliphatic heterocycles. The number of rotatable bonds is 4. The lowest BCUT2D eigenvalue weighted by molar-refractivity contribution is 0.168. The van der Waals surface area contributed by atoms with Crippen LogP contribution >= 0.6 is 0 Å². The molecule has 0 heterocycles. The van der Waals surface area contributed by atoms with Crippen LogP contribution in [0, 0.1) is 11.6 Å². The molecule has 0 fully saturated rings. The van der Waals surface area contributed by atoms with Crippen molar-refractivity contribution < 1.29 is 13.9 Å². The third-order valence-corrected chi connectivity index (χ3v) is 2.81. The van der Waals surface area contributed by atoms with Crippen molar-refractivity contribution in [3.63, 3.8) is 0 Å². The van der Waals surface area contributed by atoms with Gasteiger partial charge in [-0.15, -0.1) is 0 Å². The van der Waals surface area contributed by atoms with Gasteiger partial charge in [0.05, 0.1) is 6.10 Å². The quantitative estimate of drug-likeness (QED) is 0.876. The van der Waals surface area contributed by atoms with Crippen LogP contribution in [0.25, 0.3) is 0 Å². The molecule has 0 radical (unpaired) electrons. The van der Waals surface area contributed by atoms with Crippen molar-refractivity contribution in [3.8, 4) is 0 Å². The summed E-state index contributed by atoms with van der Waals surface area (Å²) >= 11 is 0. The smallest absolute Gasteiger partial charge is 0.126 e. The minimum Gasteiger partial charge on any atom is -0.388 e. The van der Waals surface area contributed by atoms with Gasteiger partial charge in [0.1, 0.15) is 11.6 Å². The minimum atomic E-state index is -0.613. The molecule has 1 atom stereocenters. The van der Waals surface area contributed by atoms with E-state index in [1.54, 1.807) is 0 Å². The second kappa shape index (κ2) is 5.74. The van der Waals surface area contributed by atoms with Gasteiger partial charge in [0.25, 0.3) is 0 Å². The highest BCUT2D eigenvalue weighted by atomic mass is 19.1. The van der Waals surface area contributed by atoms with Crippen LogP contribution in [0.4, 0.5) is 8.78 Å². The Bertz CT molecular complexity index is 491. The lowest BCUT2D eigenvalue weighted by Crippen LogP contribution is -2.00. The van der Waals surface area contributed by atoms with Crippen LogP contribution < -0.4 is 0 Å². The van der Waals surface area contributed by atoms with Gasteiger partial charge in [0.2, 0.25) is 0 Å². The van der Waals surface area contributed by atoms with E-state index in [0.29, 0.717) is 18.4 Å². The molecule has 0 saturated carbocycles. The molecule has 2 aromatic carbocycles. The van der Waals surface area contributed by atoms with E-state index in [1.807, 2.05) is 30.3 Å². The lowest BCUT2D eigenvalue weighted by atomic mass is 10.0. The first-order valence-corrected chi connectivity index (χ1v) is 5.83. The Hall–Kier alpha value is -1.74. The summed E-state index contributed by atoms with van der Waals surface area (Å²) in [6, 6.07) is 12.7. The number of benzene rings is 2. The van der Waals surface area contributed by atoms with Crippen molar-refractivity contribution >= 4 is 0 Å². The van der Waals surface area contributed by atoms with Gasteiger partial charge in [-0.1, -0.05) is 30.3 Å². The van der Waals surface area contributed by atoms with E-state index in [9.17, 15) is 13.9 Å². The van der Waals surface area contributed by atoms with Gasteiger partial charge in [-0.3, -0.25) is 0 Å². The average molecular weight is 248 g/mol. The summed E-state index contributed by atoms with van der Waals surface area (Å²) in [5.74, 6) is -1.17. The maximum atomic E-state index is 13.0. The van der Waals surface area contributed by atoms with E-state index in [2.05, 4.69) is 0 Å². The van der Waals surface area contributed by atoms with Crippen molar-refractivity contribution in [2.24, 2.45) is 0 Å². The summed E-state index contributed by atoms with van der Waals surface area (Å²) in [5.41, 5.74) is 1.37. The fourth-order valence-corrected chi connectivity index (χ4v) is 1.90. The van der Waals surface area contributed by atoms with E-state index in [4.69, 9.17) is 0 Å². The van der Waals surface area contributed by atoms with Crippen molar-refractivity contribution in [1.82, 2.24) is 0 Å². The molecule has 0 aromatic heterocycles. The van der Waals surface area contributed by atoms with Crippen LogP contribution in [0.3, 0.4) is 0 Å². The van der Waals surface area contributed by atoms with E-state index in [1.165, 1.54) is 12.1 Å². The predicted octanol–water partition coefficient (Wildman–Crippen LogP) is 3.63. The molecule has 2 rings (SSSR count). The van der Waals surface area contributed by atoms with Crippen molar-refractivity contribution in [2.45, 2.75) is 18.9 Å². The number of halogens is 2. The van der Waals surface area contributed by atoms with Crippen LogP contribution in [0.5, 0.6) is 0 Å². The minimum absolute atomic E-state index is 0.435. The summed E-state index contributed by atoms with van der Waals surface area (Å²) in [6.45, 7) is 0. The van der Waals surface area contributed by atoms with Gasteiger partial charge in [-0.25, -0.2) is 8.78 Å². The predicted molar refractivity (Wildman–Crippen MR) is 66.1 cm³/mol. The van der Waals surface area contributed by atoms with Crippen LogP contribution in [0.15, 0.2) is 48.5 Å². The summed E-state index contributed by atoms with van der Waals surface area (Å²) in [5, 5.41) is 9.93. The monoisotopic (exact) mass is 248 g/mol. The molecule has 1 N–H and O–H groups in total. The maximum Gasteiger partial charge on any atom is 0.126 e. The zero-order valence-corrected chi connectivity index (χ0v) is 9.81. The van der Waals surface area contributed by atoms with E-state index in [-0.39, 0.29) is 0 Å². The highest BCUT2D eigenvalue weighted by Gasteiger charge is 2.08. The SMILES string of the molecule is OC(CCc1cc(F)cc(F)c1)c1ccccc1. The Morgan fingerprint density at radius 3 is 2.17 bits per heavy atom. The van der Waals surface area contributed by atoms with Crippen molar-refractivity contribution in [3.05, 3.63) is 71.3 Å². The van der Waals surface area contributed by atoms with Crippen LogP contribution in [-0.2, 0) is 6.42 Å². The van der Waals surface area contributed by atoms with Crippen LogP contribution in [-0.4, -0.2) is 5.11 Å². The van der Waals surface area contributed by atoms with Gasteiger partial charge < -0.3 is 5.11 Å². The molecule has 18 heavy (non-hydrogen) atoms. The fraction of sp³-hybridized carbons (Fsp3) is 0.200. The van der Waals surface area contributed by atoms with Crippen molar-refractivity contribution in [2.75, 3.05) is 0 Å². The molecule has 0 bridgehead atoms. The average Bonchev–Trinajstić information content (AvgIpc) is 2.36. The first kappa shape index (κ1) is 12.7. The van der Waals surface area contributed by atoms with E-state index < -0.39 is 17.7 Å². The lowest BCUT2D eigenvalue weighted by Gasteiger charge is -2.10. The summed E-state index contributed by atoms with van der Waals surface area (Å²) < 4.78 is 25.9. The first-order chi connectivity index (χ1) is 8.65. The number of hydrogen-bond acceptors (Lipinski definition) is 1. The summed E-state index contributed by atoms with van der Waals surface area (Å²) in [6.07, 6.45) is 0.259. The largest absolute Gasteiger partial charge is 0.388 e. The van der Waals surface area contributed by atoms with Gasteiger partial charge >= 0.3 is 0 Å². The normalized spacial score (nSPS) is 12.4.